The van der Waals surface area contributed by atoms with Gasteiger partial charge in [0.1, 0.15) is 6.29 Å². The Hall–Kier alpha value is 1.25. The third-order valence-corrected chi connectivity index (χ3v) is 1.27. The number of hydrogen-bond acceptors (Lipinski definition) is 4. The molecular weight excluding hydrogens is 187 g/mol. The fraction of sp³-hybridized carbons (Fsp3) is 0.750. The van der Waals surface area contributed by atoms with Gasteiger partial charge in [-0.2, -0.15) is 37.9 Å². The Bertz CT molecular complexity index is 80.4. The zero-order valence-corrected chi connectivity index (χ0v) is 6.92. The van der Waals surface area contributed by atoms with Crippen LogP contribution in [0.25, 0.3) is 0 Å². The van der Waals surface area contributed by atoms with E-state index in [0.717, 1.165) is 6.29 Å². The van der Waals surface area contributed by atoms with Crippen LogP contribution in [0.3, 0.4) is 0 Å². The summed E-state index contributed by atoms with van der Waals surface area (Å²) in [7, 11) is 0. The molecule has 1 nitrogen and oxygen atoms in total. The highest BCUT2D eigenvalue weighted by molar-refractivity contribution is 8.16. The molecule has 54 valence electrons. The SMILES string of the molecule is O=CCCC(S)(S)S.[AlH3]. The lowest BCUT2D eigenvalue weighted by atomic mass is 10.4. The summed E-state index contributed by atoms with van der Waals surface area (Å²) in [5.74, 6) is 0. The van der Waals surface area contributed by atoms with E-state index in [4.69, 9.17) is 0 Å². The van der Waals surface area contributed by atoms with E-state index in [1.165, 1.54) is 0 Å². The van der Waals surface area contributed by atoms with E-state index in [1.54, 1.807) is 0 Å². The van der Waals surface area contributed by atoms with Crippen molar-refractivity contribution in [3.05, 3.63) is 0 Å². The lowest BCUT2D eigenvalue weighted by Gasteiger charge is -2.11. The quantitative estimate of drug-likeness (QED) is 0.256. The first-order chi connectivity index (χ1) is 3.56. The molecule has 5 heteroatoms. The minimum Gasteiger partial charge on any atom is -0.303 e. The smallest absolute Gasteiger partial charge is 0.187 e. The van der Waals surface area contributed by atoms with Crippen LogP contribution in [0.5, 0.6) is 0 Å². The van der Waals surface area contributed by atoms with Gasteiger partial charge >= 0.3 is 0 Å². The normalized spacial score (nSPS) is 10.1. The van der Waals surface area contributed by atoms with Crippen LogP contribution in [0, 0.1) is 0 Å². The van der Waals surface area contributed by atoms with Gasteiger partial charge in [-0.1, -0.05) is 0 Å². The predicted molar refractivity (Wildman–Crippen MR) is 54.9 cm³/mol. The molecule has 0 bridgehead atoms. The lowest BCUT2D eigenvalue weighted by Crippen LogP contribution is -2.01. The van der Waals surface area contributed by atoms with Crippen molar-refractivity contribution in [3.63, 3.8) is 0 Å². The van der Waals surface area contributed by atoms with Gasteiger partial charge in [0, 0.05) is 6.42 Å². The van der Waals surface area contributed by atoms with Gasteiger partial charge in [-0.25, -0.2) is 0 Å². The van der Waals surface area contributed by atoms with Crippen molar-refractivity contribution in [2.75, 3.05) is 0 Å². The largest absolute Gasteiger partial charge is 0.303 e. The number of aldehydes is 1. The summed E-state index contributed by atoms with van der Waals surface area (Å²) < 4.78 is -0.596. The number of hydrogen-bond donors (Lipinski definition) is 3. The van der Waals surface area contributed by atoms with Gasteiger partial charge in [-0.3, -0.25) is 0 Å². The van der Waals surface area contributed by atoms with Crippen molar-refractivity contribution in [2.45, 2.75) is 16.3 Å². The van der Waals surface area contributed by atoms with Crippen LogP contribution in [-0.4, -0.2) is 27.1 Å². The molecule has 0 N–H and O–H groups in total. The summed E-state index contributed by atoms with van der Waals surface area (Å²) in [6, 6.07) is 0. The molecule has 0 heterocycles. The van der Waals surface area contributed by atoms with Crippen LogP contribution in [-0.2, 0) is 4.79 Å². The van der Waals surface area contributed by atoms with Gasteiger partial charge in [-0.05, 0) is 6.42 Å². The first-order valence-corrected chi connectivity index (χ1v) is 3.51. The van der Waals surface area contributed by atoms with Crippen molar-refractivity contribution >= 4 is 61.5 Å². The maximum atomic E-state index is 9.75. The Kier molecular flexibility index (Phi) is 8.58. The van der Waals surface area contributed by atoms with Crippen LogP contribution < -0.4 is 0 Å². The first-order valence-electron chi connectivity index (χ1n) is 2.17. The second-order valence-electron chi connectivity index (χ2n) is 1.48. The van der Waals surface area contributed by atoms with Gasteiger partial charge in [0.05, 0.1) is 3.41 Å². The second-order valence-corrected chi connectivity index (χ2v) is 4.83. The molecule has 0 spiro atoms. The summed E-state index contributed by atoms with van der Waals surface area (Å²) in [6.45, 7) is 0. The number of carbonyl (C=O) groups is 1. The molecule has 0 rings (SSSR count). The van der Waals surface area contributed by atoms with Crippen molar-refractivity contribution in [3.8, 4) is 0 Å². The summed E-state index contributed by atoms with van der Waals surface area (Å²) in [5.41, 5.74) is 0. The molecule has 0 aromatic heterocycles. The molecule has 0 aliphatic rings. The van der Waals surface area contributed by atoms with E-state index >= 15 is 0 Å². The Morgan fingerprint density at radius 3 is 1.89 bits per heavy atom. The fourth-order valence-corrected chi connectivity index (χ4v) is 0.640. The summed E-state index contributed by atoms with van der Waals surface area (Å²) in [5, 5.41) is 0. The molecule has 9 heavy (non-hydrogen) atoms. The molecule has 0 atom stereocenters. The van der Waals surface area contributed by atoms with Crippen molar-refractivity contribution < 1.29 is 4.79 Å². The molecular formula is C4H11AlOS3. The maximum absolute atomic E-state index is 9.75. The number of rotatable bonds is 3. The fourth-order valence-electron chi connectivity index (χ4n) is 0.253. The minimum absolute atomic E-state index is 0. The number of thiol groups is 3. The minimum atomic E-state index is -0.596. The molecule has 0 aliphatic carbocycles. The van der Waals surface area contributed by atoms with Crippen LogP contribution in [0.4, 0.5) is 0 Å². The molecule has 0 fully saturated rings. The Balaban J connectivity index is 0. The van der Waals surface area contributed by atoms with E-state index in [0.29, 0.717) is 12.8 Å². The molecule has 0 saturated heterocycles. The second kappa shape index (κ2) is 5.99. The highest BCUT2D eigenvalue weighted by Gasteiger charge is 2.11. The van der Waals surface area contributed by atoms with E-state index in [9.17, 15) is 4.79 Å². The molecule has 0 saturated carbocycles. The topological polar surface area (TPSA) is 17.1 Å². The molecule has 0 unspecified atom stereocenters. The van der Waals surface area contributed by atoms with Crippen molar-refractivity contribution in [2.24, 2.45) is 0 Å². The Labute approximate surface area is 82.3 Å². The first kappa shape index (κ1) is 12.9. The molecule has 0 aromatic carbocycles. The van der Waals surface area contributed by atoms with E-state index in [1.807, 2.05) is 0 Å². The highest BCUT2D eigenvalue weighted by atomic mass is 32.2. The Morgan fingerprint density at radius 2 is 1.78 bits per heavy atom. The van der Waals surface area contributed by atoms with Gasteiger partial charge in [-0.15, -0.1) is 0 Å². The van der Waals surface area contributed by atoms with Crippen LogP contribution in [0.1, 0.15) is 12.8 Å². The summed E-state index contributed by atoms with van der Waals surface area (Å²) in [4.78, 5) is 9.75. The van der Waals surface area contributed by atoms with Crippen molar-refractivity contribution in [1.29, 1.82) is 0 Å². The number of carbonyl (C=O) groups excluding carboxylic acids is 1. The van der Waals surface area contributed by atoms with Gasteiger partial charge in [0.25, 0.3) is 0 Å². The molecule has 0 aromatic rings. The zero-order valence-electron chi connectivity index (χ0n) is 4.24. The van der Waals surface area contributed by atoms with E-state index in [2.05, 4.69) is 37.9 Å². The Morgan fingerprint density at radius 1 is 1.33 bits per heavy atom. The standard InChI is InChI=1S/C4H8OS3.Al.3H/c5-3-1-2-4(6,7)8;;;;/h3,6-8H,1-2H2;;;;. The highest BCUT2D eigenvalue weighted by Crippen LogP contribution is 2.28. The predicted octanol–water partition coefficient (Wildman–Crippen LogP) is 0.225. The van der Waals surface area contributed by atoms with Gasteiger partial charge in [0.15, 0.2) is 17.4 Å². The summed E-state index contributed by atoms with van der Waals surface area (Å²) in [6.07, 6.45) is 1.89. The molecule has 0 radical (unpaired) electrons. The summed E-state index contributed by atoms with van der Waals surface area (Å²) >= 11 is 11.9. The van der Waals surface area contributed by atoms with Crippen LogP contribution in [0.2, 0.25) is 0 Å². The molecule has 0 aliphatic heterocycles. The average Bonchev–Trinajstić information content (AvgIpc) is 1.59. The van der Waals surface area contributed by atoms with Crippen LogP contribution >= 0.6 is 37.9 Å². The monoisotopic (exact) mass is 198 g/mol. The van der Waals surface area contributed by atoms with Crippen LogP contribution in [0.15, 0.2) is 0 Å². The zero-order chi connectivity index (χ0) is 6.62. The third kappa shape index (κ3) is 12.4. The molecule has 0 amide bonds. The van der Waals surface area contributed by atoms with E-state index in [-0.39, 0.29) is 17.4 Å². The average molecular weight is 198 g/mol. The lowest BCUT2D eigenvalue weighted by molar-refractivity contribution is -0.107. The van der Waals surface area contributed by atoms with E-state index < -0.39 is 3.41 Å². The van der Waals surface area contributed by atoms with Gasteiger partial charge in [0.2, 0.25) is 0 Å². The van der Waals surface area contributed by atoms with Gasteiger partial charge < -0.3 is 4.79 Å². The third-order valence-electron chi connectivity index (χ3n) is 0.598. The van der Waals surface area contributed by atoms with Crippen molar-refractivity contribution in [1.82, 2.24) is 0 Å². The maximum Gasteiger partial charge on any atom is 0.187 e.